The molecule has 0 aromatic carbocycles. The monoisotopic (exact) mass is 199 g/mol. The van der Waals surface area contributed by atoms with Crippen LogP contribution < -0.4 is 10.6 Å². The van der Waals surface area contributed by atoms with Gasteiger partial charge < -0.3 is 15.4 Å². The van der Waals surface area contributed by atoms with Gasteiger partial charge in [0.05, 0.1) is 12.1 Å². The second-order valence-corrected chi connectivity index (χ2v) is 3.92. The Balaban J connectivity index is 1.94. The summed E-state index contributed by atoms with van der Waals surface area (Å²) >= 11 is 1.62. The molecule has 0 spiro atoms. The first kappa shape index (κ1) is 8.93. The quantitative estimate of drug-likeness (QED) is 0.746. The predicted octanol–water partition coefficient (Wildman–Crippen LogP) is 0.542. The van der Waals surface area contributed by atoms with Crippen molar-refractivity contribution in [1.29, 1.82) is 0 Å². The van der Waals surface area contributed by atoms with Crippen LogP contribution in [0.5, 0.6) is 0 Å². The van der Waals surface area contributed by atoms with Gasteiger partial charge in [-0.25, -0.2) is 4.98 Å². The zero-order valence-corrected chi connectivity index (χ0v) is 8.30. The molecule has 1 aliphatic heterocycles. The summed E-state index contributed by atoms with van der Waals surface area (Å²) in [6.07, 6.45) is 2.06. The van der Waals surface area contributed by atoms with Crippen LogP contribution in [0.1, 0.15) is 0 Å². The fourth-order valence-electron chi connectivity index (χ4n) is 1.50. The van der Waals surface area contributed by atoms with E-state index in [1.165, 1.54) is 0 Å². The molecule has 1 aromatic heterocycles. The van der Waals surface area contributed by atoms with E-state index in [1.807, 2.05) is 5.38 Å². The standard InChI is InChI=1S/C8H13N3OS/c1-12-7-5-9-4-6(7)11-8-10-2-3-13-8/h2-3,6-7,9H,4-5H2,1H3,(H,10,11). The number of hydrogen-bond donors (Lipinski definition) is 2. The smallest absolute Gasteiger partial charge is 0.182 e. The Hall–Kier alpha value is -0.650. The maximum atomic E-state index is 5.32. The zero-order chi connectivity index (χ0) is 9.10. The first-order valence-corrected chi connectivity index (χ1v) is 5.17. The minimum Gasteiger partial charge on any atom is -0.378 e. The summed E-state index contributed by atoms with van der Waals surface area (Å²) < 4.78 is 5.32. The predicted molar refractivity (Wildman–Crippen MR) is 53.2 cm³/mol. The molecule has 5 heteroatoms. The van der Waals surface area contributed by atoms with Crippen LogP contribution in [0.4, 0.5) is 5.13 Å². The van der Waals surface area contributed by atoms with Gasteiger partial charge in [0.25, 0.3) is 0 Å². The molecule has 0 amide bonds. The third-order valence-electron chi connectivity index (χ3n) is 2.20. The van der Waals surface area contributed by atoms with Crippen LogP contribution in [0.3, 0.4) is 0 Å². The number of hydrogen-bond acceptors (Lipinski definition) is 5. The maximum Gasteiger partial charge on any atom is 0.182 e. The average Bonchev–Trinajstić information content (AvgIpc) is 2.76. The van der Waals surface area contributed by atoms with Gasteiger partial charge in [-0.15, -0.1) is 11.3 Å². The van der Waals surface area contributed by atoms with Crippen molar-refractivity contribution in [3.8, 4) is 0 Å². The molecule has 1 fully saturated rings. The van der Waals surface area contributed by atoms with Gasteiger partial charge in [0.15, 0.2) is 5.13 Å². The lowest BCUT2D eigenvalue weighted by Gasteiger charge is -2.17. The van der Waals surface area contributed by atoms with Crippen LogP contribution in [-0.4, -0.2) is 37.3 Å². The highest BCUT2D eigenvalue weighted by molar-refractivity contribution is 7.13. The van der Waals surface area contributed by atoms with Gasteiger partial charge in [-0.3, -0.25) is 0 Å². The maximum absolute atomic E-state index is 5.32. The minimum atomic E-state index is 0.254. The third-order valence-corrected chi connectivity index (χ3v) is 2.91. The SMILES string of the molecule is COC1CNCC1Nc1nccs1. The minimum absolute atomic E-state index is 0.254. The lowest BCUT2D eigenvalue weighted by Crippen LogP contribution is -2.33. The van der Waals surface area contributed by atoms with Crippen LogP contribution in [0.2, 0.25) is 0 Å². The first-order chi connectivity index (χ1) is 6.40. The van der Waals surface area contributed by atoms with Gasteiger partial charge >= 0.3 is 0 Å². The van der Waals surface area contributed by atoms with Crippen molar-refractivity contribution in [2.45, 2.75) is 12.1 Å². The van der Waals surface area contributed by atoms with E-state index in [9.17, 15) is 0 Å². The van der Waals surface area contributed by atoms with Gasteiger partial charge in [0.1, 0.15) is 0 Å². The fourth-order valence-corrected chi connectivity index (χ4v) is 2.09. The highest BCUT2D eigenvalue weighted by Crippen LogP contribution is 2.15. The van der Waals surface area contributed by atoms with Crippen molar-refractivity contribution < 1.29 is 4.74 Å². The molecule has 72 valence electrons. The number of nitrogens with one attached hydrogen (secondary N) is 2. The van der Waals surface area contributed by atoms with Crippen molar-refractivity contribution in [1.82, 2.24) is 10.3 Å². The van der Waals surface area contributed by atoms with Crippen molar-refractivity contribution in [2.24, 2.45) is 0 Å². The first-order valence-electron chi connectivity index (χ1n) is 4.29. The van der Waals surface area contributed by atoms with Crippen LogP contribution in [0.25, 0.3) is 0 Å². The lowest BCUT2D eigenvalue weighted by molar-refractivity contribution is 0.111. The number of nitrogens with zero attached hydrogens (tertiary/aromatic N) is 1. The van der Waals surface area contributed by atoms with Crippen LogP contribution in [-0.2, 0) is 4.74 Å². The Morgan fingerprint density at radius 2 is 2.62 bits per heavy atom. The molecule has 1 aromatic rings. The Morgan fingerprint density at radius 3 is 3.31 bits per heavy atom. The molecule has 0 saturated carbocycles. The van der Waals surface area contributed by atoms with E-state index in [0.29, 0.717) is 6.04 Å². The molecular weight excluding hydrogens is 186 g/mol. The molecule has 2 heterocycles. The van der Waals surface area contributed by atoms with E-state index in [1.54, 1.807) is 24.6 Å². The molecule has 2 N–H and O–H groups in total. The van der Waals surface area contributed by atoms with E-state index in [0.717, 1.165) is 18.2 Å². The molecule has 0 radical (unpaired) electrons. The number of aromatic nitrogens is 1. The number of thiazole rings is 1. The molecule has 0 bridgehead atoms. The van der Waals surface area contributed by atoms with E-state index in [-0.39, 0.29) is 6.10 Å². The number of ether oxygens (including phenoxy) is 1. The topological polar surface area (TPSA) is 46.2 Å². The number of anilines is 1. The summed E-state index contributed by atoms with van der Waals surface area (Å²) in [5.41, 5.74) is 0. The summed E-state index contributed by atoms with van der Waals surface area (Å²) in [5.74, 6) is 0. The van der Waals surface area contributed by atoms with Crippen LogP contribution in [0, 0.1) is 0 Å². The molecule has 4 nitrogen and oxygen atoms in total. The summed E-state index contributed by atoms with van der Waals surface area (Å²) in [6.45, 7) is 1.86. The molecule has 13 heavy (non-hydrogen) atoms. The van der Waals surface area contributed by atoms with Crippen molar-refractivity contribution in [3.05, 3.63) is 11.6 Å². The highest BCUT2D eigenvalue weighted by atomic mass is 32.1. The summed E-state index contributed by atoms with van der Waals surface area (Å²) in [5, 5.41) is 9.55. The van der Waals surface area contributed by atoms with Crippen molar-refractivity contribution in [3.63, 3.8) is 0 Å². The van der Waals surface area contributed by atoms with Crippen LogP contribution >= 0.6 is 11.3 Å². The second kappa shape index (κ2) is 4.04. The van der Waals surface area contributed by atoms with E-state index < -0.39 is 0 Å². The van der Waals surface area contributed by atoms with Crippen LogP contribution in [0.15, 0.2) is 11.6 Å². The summed E-state index contributed by atoms with van der Waals surface area (Å²) in [4.78, 5) is 4.17. The molecule has 2 unspecified atom stereocenters. The lowest BCUT2D eigenvalue weighted by atomic mass is 10.2. The Bertz CT molecular complexity index is 252. The van der Waals surface area contributed by atoms with Gasteiger partial charge in [-0.1, -0.05) is 0 Å². The Labute approximate surface area is 81.3 Å². The largest absolute Gasteiger partial charge is 0.378 e. The zero-order valence-electron chi connectivity index (χ0n) is 7.49. The highest BCUT2D eigenvalue weighted by Gasteiger charge is 2.26. The van der Waals surface area contributed by atoms with Gasteiger partial charge in [0.2, 0.25) is 0 Å². The Kier molecular flexibility index (Phi) is 2.77. The van der Waals surface area contributed by atoms with E-state index in [2.05, 4.69) is 15.6 Å². The van der Waals surface area contributed by atoms with E-state index in [4.69, 9.17) is 4.74 Å². The molecule has 0 aliphatic carbocycles. The molecule has 1 saturated heterocycles. The van der Waals surface area contributed by atoms with E-state index >= 15 is 0 Å². The number of methoxy groups -OCH3 is 1. The molecule has 1 aliphatic rings. The van der Waals surface area contributed by atoms with Gasteiger partial charge in [-0.05, 0) is 0 Å². The second-order valence-electron chi connectivity index (χ2n) is 3.02. The normalized spacial score (nSPS) is 27.8. The summed E-state index contributed by atoms with van der Waals surface area (Å²) in [7, 11) is 1.74. The van der Waals surface area contributed by atoms with Gasteiger partial charge in [-0.2, -0.15) is 0 Å². The molecule has 2 atom stereocenters. The average molecular weight is 199 g/mol. The van der Waals surface area contributed by atoms with Crippen molar-refractivity contribution in [2.75, 3.05) is 25.5 Å². The molecular formula is C8H13N3OS. The Morgan fingerprint density at radius 1 is 1.69 bits per heavy atom. The number of rotatable bonds is 3. The van der Waals surface area contributed by atoms with Gasteiger partial charge in [0, 0.05) is 31.8 Å². The van der Waals surface area contributed by atoms with Crippen molar-refractivity contribution >= 4 is 16.5 Å². The molecule has 2 rings (SSSR count). The third kappa shape index (κ3) is 1.99. The summed E-state index contributed by atoms with van der Waals surface area (Å²) in [6, 6.07) is 0.344. The fraction of sp³-hybridized carbons (Fsp3) is 0.625.